The number of rotatable bonds is 6. The van der Waals surface area contributed by atoms with Crippen molar-refractivity contribution in [3.63, 3.8) is 0 Å². The summed E-state index contributed by atoms with van der Waals surface area (Å²) in [6.45, 7) is 0.0892. The van der Waals surface area contributed by atoms with E-state index >= 15 is 0 Å². The van der Waals surface area contributed by atoms with Crippen molar-refractivity contribution in [2.45, 2.75) is 18.9 Å². The maximum Gasteiger partial charge on any atom is 0.227 e. The number of aliphatic hydroxyl groups excluding tert-OH is 1. The van der Waals surface area contributed by atoms with Gasteiger partial charge in [-0.25, -0.2) is 0 Å². The van der Waals surface area contributed by atoms with Gasteiger partial charge in [-0.1, -0.05) is 18.2 Å². The Kier molecular flexibility index (Phi) is 4.78. The summed E-state index contributed by atoms with van der Waals surface area (Å²) in [6.07, 6.45) is 1.12. The molecule has 1 amide bonds. The van der Waals surface area contributed by atoms with Crippen molar-refractivity contribution in [2.24, 2.45) is 5.92 Å². The van der Waals surface area contributed by atoms with Crippen molar-refractivity contribution in [3.05, 3.63) is 59.7 Å². The first-order valence-electron chi connectivity index (χ1n) is 7.87. The van der Waals surface area contributed by atoms with Gasteiger partial charge in [0, 0.05) is 17.7 Å². The Morgan fingerprint density at radius 1 is 1.29 bits per heavy atom. The zero-order chi connectivity index (χ0) is 16.9. The smallest absolute Gasteiger partial charge is 0.227 e. The van der Waals surface area contributed by atoms with Crippen LogP contribution in [0.2, 0.25) is 0 Å². The second kappa shape index (κ2) is 7.16. The lowest BCUT2D eigenvalue weighted by molar-refractivity contribution is -0.117. The van der Waals surface area contributed by atoms with Gasteiger partial charge < -0.3 is 15.2 Å². The Morgan fingerprint density at radius 2 is 2.04 bits per heavy atom. The maximum absolute atomic E-state index is 11.8. The van der Waals surface area contributed by atoms with Crippen LogP contribution in [0.15, 0.2) is 48.5 Å². The minimum absolute atomic E-state index is 0.0461. The van der Waals surface area contributed by atoms with Crippen LogP contribution in [0.5, 0.6) is 5.75 Å². The van der Waals surface area contributed by atoms with Crippen molar-refractivity contribution in [2.75, 3.05) is 11.9 Å². The number of ether oxygens (including phenoxy) is 1. The Labute approximate surface area is 140 Å². The number of nitriles is 1. The lowest BCUT2D eigenvalue weighted by Crippen LogP contribution is -2.13. The Morgan fingerprint density at radius 3 is 2.71 bits per heavy atom. The normalized spacial score (nSPS) is 14.5. The number of carbonyl (C=O) groups is 1. The average Bonchev–Trinajstić information content (AvgIpc) is 3.45. The van der Waals surface area contributed by atoms with Crippen LogP contribution in [-0.2, 0) is 4.79 Å². The lowest BCUT2D eigenvalue weighted by Gasteiger charge is -2.13. The van der Waals surface area contributed by atoms with Gasteiger partial charge in [0.2, 0.25) is 5.91 Å². The monoisotopic (exact) mass is 322 g/mol. The summed E-state index contributed by atoms with van der Waals surface area (Å²) in [6, 6.07) is 15.9. The topological polar surface area (TPSA) is 82.3 Å². The largest absolute Gasteiger partial charge is 0.490 e. The molecule has 0 radical (unpaired) electrons. The van der Waals surface area contributed by atoms with E-state index in [0.717, 1.165) is 12.8 Å². The summed E-state index contributed by atoms with van der Waals surface area (Å²) in [5.74, 6) is 0.772. The molecule has 0 aliphatic heterocycles. The van der Waals surface area contributed by atoms with Crippen molar-refractivity contribution in [1.82, 2.24) is 0 Å². The van der Waals surface area contributed by atoms with E-state index in [1.165, 1.54) is 0 Å². The third-order valence-electron chi connectivity index (χ3n) is 3.88. The highest BCUT2D eigenvalue weighted by molar-refractivity contribution is 5.94. The molecule has 5 heteroatoms. The third kappa shape index (κ3) is 4.12. The third-order valence-corrected chi connectivity index (χ3v) is 3.88. The van der Waals surface area contributed by atoms with Crippen molar-refractivity contribution in [3.8, 4) is 11.8 Å². The molecule has 0 heterocycles. The number of nitrogens with zero attached hydrogens (tertiary/aromatic N) is 1. The molecule has 1 fully saturated rings. The van der Waals surface area contributed by atoms with E-state index in [1.807, 2.05) is 12.1 Å². The van der Waals surface area contributed by atoms with Gasteiger partial charge in [-0.2, -0.15) is 5.26 Å². The Balaban J connectivity index is 1.57. The SMILES string of the molecule is N#Cc1ccc(C(O)COc2cccc(NC(=O)C3CC3)c2)cc1. The predicted octanol–water partition coefficient (Wildman–Crippen LogP) is 3.02. The summed E-state index contributed by atoms with van der Waals surface area (Å²) < 4.78 is 5.61. The summed E-state index contributed by atoms with van der Waals surface area (Å²) >= 11 is 0. The molecule has 0 bridgehead atoms. The molecular formula is C19H18N2O3. The van der Waals surface area contributed by atoms with Crippen molar-refractivity contribution < 1.29 is 14.6 Å². The first-order valence-corrected chi connectivity index (χ1v) is 7.87. The molecule has 2 N–H and O–H groups in total. The summed E-state index contributed by atoms with van der Waals surface area (Å²) in [5, 5.41) is 21.8. The fourth-order valence-electron chi connectivity index (χ4n) is 2.30. The number of hydrogen-bond acceptors (Lipinski definition) is 4. The number of benzene rings is 2. The van der Waals surface area contributed by atoms with Gasteiger partial charge in [-0.05, 0) is 42.7 Å². The van der Waals surface area contributed by atoms with E-state index in [0.29, 0.717) is 22.6 Å². The quantitative estimate of drug-likeness (QED) is 0.856. The fraction of sp³-hybridized carbons (Fsp3) is 0.263. The predicted molar refractivity (Wildman–Crippen MR) is 89.4 cm³/mol. The summed E-state index contributed by atoms with van der Waals surface area (Å²) in [5.41, 5.74) is 1.93. The van der Waals surface area contributed by atoms with Crippen LogP contribution in [0, 0.1) is 17.2 Å². The molecule has 1 aliphatic rings. The minimum atomic E-state index is -0.789. The molecule has 122 valence electrons. The number of anilines is 1. The molecule has 0 aromatic heterocycles. The number of amides is 1. The lowest BCUT2D eigenvalue weighted by atomic mass is 10.1. The first-order chi connectivity index (χ1) is 11.7. The Bertz CT molecular complexity index is 761. The molecule has 0 spiro atoms. The van der Waals surface area contributed by atoms with Crippen LogP contribution >= 0.6 is 0 Å². The van der Waals surface area contributed by atoms with E-state index in [2.05, 4.69) is 5.32 Å². The molecular weight excluding hydrogens is 304 g/mol. The van der Waals surface area contributed by atoms with Gasteiger partial charge in [-0.3, -0.25) is 4.79 Å². The number of hydrogen-bond donors (Lipinski definition) is 2. The van der Waals surface area contributed by atoms with Crippen LogP contribution in [-0.4, -0.2) is 17.6 Å². The van der Waals surface area contributed by atoms with E-state index in [1.54, 1.807) is 42.5 Å². The molecule has 1 atom stereocenters. The minimum Gasteiger partial charge on any atom is -0.490 e. The highest BCUT2D eigenvalue weighted by atomic mass is 16.5. The molecule has 2 aromatic rings. The van der Waals surface area contributed by atoms with Crippen LogP contribution < -0.4 is 10.1 Å². The van der Waals surface area contributed by atoms with Crippen LogP contribution in [0.3, 0.4) is 0 Å². The van der Waals surface area contributed by atoms with Crippen LogP contribution in [0.1, 0.15) is 30.1 Å². The zero-order valence-electron chi connectivity index (χ0n) is 13.1. The van der Waals surface area contributed by atoms with E-state index < -0.39 is 6.10 Å². The molecule has 24 heavy (non-hydrogen) atoms. The molecule has 5 nitrogen and oxygen atoms in total. The zero-order valence-corrected chi connectivity index (χ0v) is 13.1. The van der Waals surface area contributed by atoms with E-state index in [4.69, 9.17) is 10.00 Å². The molecule has 3 rings (SSSR count). The van der Waals surface area contributed by atoms with Crippen molar-refractivity contribution in [1.29, 1.82) is 5.26 Å². The first kappa shape index (κ1) is 16.0. The molecule has 1 unspecified atom stereocenters. The second-order valence-electron chi connectivity index (χ2n) is 5.85. The number of nitrogens with one attached hydrogen (secondary N) is 1. The van der Waals surface area contributed by atoms with Crippen molar-refractivity contribution >= 4 is 11.6 Å². The van der Waals surface area contributed by atoms with E-state index in [-0.39, 0.29) is 18.4 Å². The Hall–Kier alpha value is -2.84. The highest BCUT2D eigenvalue weighted by Gasteiger charge is 2.29. The standard InChI is InChI=1S/C19H18N2O3/c20-11-13-4-6-14(7-5-13)18(22)12-24-17-3-1-2-16(10-17)21-19(23)15-8-9-15/h1-7,10,15,18,22H,8-9,12H2,(H,21,23). The molecule has 1 aliphatic carbocycles. The summed E-state index contributed by atoms with van der Waals surface area (Å²) in [4.78, 5) is 11.8. The van der Waals surface area contributed by atoms with Crippen LogP contribution in [0.25, 0.3) is 0 Å². The summed E-state index contributed by atoms with van der Waals surface area (Å²) in [7, 11) is 0. The fourth-order valence-corrected chi connectivity index (χ4v) is 2.30. The van der Waals surface area contributed by atoms with Crippen LogP contribution in [0.4, 0.5) is 5.69 Å². The number of aliphatic hydroxyl groups is 1. The van der Waals surface area contributed by atoms with Gasteiger partial charge in [0.1, 0.15) is 18.5 Å². The molecule has 0 saturated heterocycles. The number of carbonyl (C=O) groups excluding carboxylic acids is 1. The van der Waals surface area contributed by atoms with Gasteiger partial charge >= 0.3 is 0 Å². The second-order valence-corrected chi connectivity index (χ2v) is 5.85. The van der Waals surface area contributed by atoms with Gasteiger partial charge in [-0.15, -0.1) is 0 Å². The van der Waals surface area contributed by atoms with E-state index in [9.17, 15) is 9.90 Å². The maximum atomic E-state index is 11.8. The van der Waals surface area contributed by atoms with Gasteiger partial charge in [0.15, 0.2) is 0 Å². The molecule has 2 aromatic carbocycles. The molecule has 1 saturated carbocycles. The van der Waals surface area contributed by atoms with Gasteiger partial charge in [0.25, 0.3) is 0 Å². The van der Waals surface area contributed by atoms with Gasteiger partial charge in [0.05, 0.1) is 11.6 Å². The average molecular weight is 322 g/mol. The highest BCUT2D eigenvalue weighted by Crippen LogP contribution is 2.30.